The average molecular weight is 409 g/mol. The highest BCUT2D eigenvalue weighted by atomic mass is 16.6. The molecule has 1 amide bonds. The molecule has 4 rings (SSSR count). The number of carbonyl (C=O) groups excluding carboxylic acids is 1. The van der Waals surface area contributed by atoms with Crippen molar-refractivity contribution >= 4 is 17.3 Å². The number of ether oxygens (including phenoxy) is 2. The van der Waals surface area contributed by atoms with Crippen LogP contribution in [0.1, 0.15) is 20.8 Å². The lowest BCUT2D eigenvalue weighted by atomic mass is 10.1. The number of pyridine rings is 1. The van der Waals surface area contributed by atoms with Crippen LogP contribution in [0.3, 0.4) is 0 Å². The first-order valence-corrected chi connectivity index (χ1v) is 10.2. The van der Waals surface area contributed by atoms with Crippen molar-refractivity contribution in [3.05, 3.63) is 48.8 Å². The van der Waals surface area contributed by atoms with Gasteiger partial charge in [-0.3, -0.25) is 0 Å². The topological polar surface area (TPSA) is 59.3 Å². The number of fused-ring (bicyclic) bond motifs is 1. The van der Waals surface area contributed by atoms with Gasteiger partial charge in [-0.1, -0.05) is 18.2 Å². The van der Waals surface area contributed by atoms with Crippen molar-refractivity contribution in [3.8, 4) is 16.9 Å². The van der Waals surface area contributed by atoms with Crippen molar-refractivity contribution in [1.82, 2.24) is 14.5 Å². The number of benzene rings is 1. The van der Waals surface area contributed by atoms with Crippen molar-refractivity contribution in [2.45, 2.75) is 26.4 Å². The van der Waals surface area contributed by atoms with Crippen LogP contribution < -0.4 is 9.64 Å². The number of anilines is 1. The number of carbonyl (C=O) groups is 1. The number of amides is 1. The Bertz CT molecular complexity index is 1050. The zero-order chi connectivity index (χ0) is 21.3. The van der Waals surface area contributed by atoms with E-state index < -0.39 is 5.60 Å². The molecule has 0 radical (unpaired) electrons. The van der Waals surface area contributed by atoms with Crippen LogP contribution >= 0.6 is 0 Å². The molecular weight excluding hydrogens is 380 g/mol. The molecule has 0 unspecified atom stereocenters. The monoisotopic (exact) mass is 408 g/mol. The number of hydrogen-bond donors (Lipinski definition) is 0. The highest BCUT2D eigenvalue weighted by Gasteiger charge is 2.26. The summed E-state index contributed by atoms with van der Waals surface area (Å²) in [6, 6.07) is 12.2. The number of aromatic nitrogens is 2. The molecule has 0 atom stereocenters. The third kappa shape index (κ3) is 4.20. The second-order valence-corrected chi connectivity index (χ2v) is 8.46. The highest BCUT2D eigenvalue weighted by Crippen LogP contribution is 2.28. The van der Waals surface area contributed by atoms with Gasteiger partial charge in [0.05, 0.1) is 24.5 Å². The maximum atomic E-state index is 12.3. The Kier molecular flexibility index (Phi) is 5.28. The summed E-state index contributed by atoms with van der Waals surface area (Å²) in [5.41, 5.74) is 3.81. The molecular formula is C23H28N4O3. The van der Waals surface area contributed by atoms with Gasteiger partial charge in [0.15, 0.2) is 0 Å². The molecule has 1 aliphatic rings. The van der Waals surface area contributed by atoms with Gasteiger partial charge >= 0.3 is 6.09 Å². The van der Waals surface area contributed by atoms with E-state index in [0.29, 0.717) is 13.1 Å². The number of piperazine rings is 1. The summed E-state index contributed by atoms with van der Waals surface area (Å²) >= 11 is 0. The molecule has 1 aliphatic heterocycles. The molecule has 0 saturated carbocycles. The van der Waals surface area contributed by atoms with Crippen LogP contribution in [0.15, 0.2) is 48.8 Å². The molecule has 0 bridgehead atoms. The number of nitrogens with zero attached hydrogens (tertiary/aromatic N) is 4. The molecule has 158 valence electrons. The summed E-state index contributed by atoms with van der Waals surface area (Å²) in [6.45, 7) is 8.43. The van der Waals surface area contributed by atoms with Crippen molar-refractivity contribution in [2.75, 3.05) is 38.2 Å². The Morgan fingerprint density at radius 1 is 1.03 bits per heavy atom. The van der Waals surface area contributed by atoms with Gasteiger partial charge in [0.1, 0.15) is 11.4 Å². The average Bonchev–Trinajstić information content (AvgIpc) is 3.16. The Labute approximate surface area is 176 Å². The second-order valence-electron chi connectivity index (χ2n) is 8.46. The van der Waals surface area contributed by atoms with Gasteiger partial charge in [0.2, 0.25) is 0 Å². The van der Waals surface area contributed by atoms with E-state index in [1.54, 1.807) is 12.0 Å². The molecule has 1 saturated heterocycles. The van der Waals surface area contributed by atoms with Gasteiger partial charge in [-0.2, -0.15) is 5.10 Å². The maximum Gasteiger partial charge on any atom is 0.410 e. The molecule has 0 N–H and O–H groups in total. The first-order chi connectivity index (χ1) is 14.3. The zero-order valence-electron chi connectivity index (χ0n) is 18.0. The normalized spacial score (nSPS) is 14.8. The fraction of sp³-hybridized carbons (Fsp3) is 0.391. The smallest absolute Gasteiger partial charge is 0.410 e. The lowest BCUT2D eigenvalue weighted by Gasteiger charge is -2.36. The van der Waals surface area contributed by atoms with Crippen LogP contribution in [-0.4, -0.2) is 59.5 Å². The summed E-state index contributed by atoms with van der Waals surface area (Å²) in [4.78, 5) is 16.3. The number of methoxy groups -OCH3 is 1. The summed E-state index contributed by atoms with van der Waals surface area (Å²) in [7, 11) is 1.67. The minimum Gasteiger partial charge on any atom is -0.497 e. The van der Waals surface area contributed by atoms with Crippen LogP contribution in [0.5, 0.6) is 5.75 Å². The SMILES string of the molecule is COc1cccc(-c2ccc3c(N4CCN(C(=O)OC(C)(C)C)CC4)cnn3c2)c1. The Morgan fingerprint density at radius 3 is 2.50 bits per heavy atom. The Hall–Kier alpha value is -3.22. The molecule has 3 heterocycles. The zero-order valence-corrected chi connectivity index (χ0v) is 18.0. The number of rotatable bonds is 3. The fourth-order valence-electron chi connectivity index (χ4n) is 3.64. The summed E-state index contributed by atoms with van der Waals surface area (Å²) in [6.07, 6.45) is 3.68. The molecule has 3 aromatic rings. The lowest BCUT2D eigenvalue weighted by Crippen LogP contribution is -2.50. The van der Waals surface area contributed by atoms with E-state index in [9.17, 15) is 4.79 Å². The molecule has 0 spiro atoms. The first-order valence-electron chi connectivity index (χ1n) is 10.2. The molecule has 1 aromatic carbocycles. The second kappa shape index (κ2) is 7.89. The van der Waals surface area contributed by atoms with Gasteiger partial charge in [-0.15, -0.1) is 0 Å². The molecule has 2 aromatic heterocycles. The van der Waals surface area contributed by atoms with Crippen LogP contribution in [0, 0.1) is 0 Å². The number of hydrogen-bond acceptors (Lipinski definition) is 5. The Morgan fingerprint density at radius 2 is 1.80 bits per heavy atom. The molecule has 7 heteroatoms. The molecule has 0 aliphatic carbocycles. The van der Waals surface area contributed by atoms with Gasteiger partial charge in [0, 0.05) is 37.9 Å². The van der Waals surface area contributed by atoms with Crippen LogP contribution in [0.4, 0.5) is 10.5 Å². The fourth-order valence-corrected chi connectivity index (χ4v) is 3.64. The van der Waals surface area contributed by atoms with E-state index in [0.717, 1.165) is 41.2 Å². The van der Waals surface area contributed by atoms with E-state index >= 15 is 0 Å². The lowest BCUT2D eigenvalue weighted by molar-refractivity contribution is 0.0240. The quantitative estimate of drug-likeness (QED) is 0.654. The van der Waals surface area contributed by atoms with Gasteiger partial charge < -0.3 is 19.3 Å². The standard InChI is InChI=1S/C23H28N4O3/c1-23(2,3)30-22(28)26-12-10-25(11-13-26)21-15-24-27-16-18(8-9-20(21)27)17-6-5-7-19(14-17)29-4/h5-9,14-16H,10-13H2,1-4H3. The van der Waals surface area contributed by atoms with Crippen LogP contribution in [0.2, 0.25) is 0 Å². The first kappa shape index (κ1) is 20.1. The predicted octanol–water partition coefficient (Wildman–Crippen LogP) is 4.07. The maximum absolute atomic E-state index is 12.3. The minimum absolute atomic E-state index is 0.245. The molecule has 1 fully saturated rings. The van der Waals surface area contributed by atoms with Crippen LogP contribution in [-0.2, 0) is 4.74 Å². The largest absolute Gasteiger partial charge is 0.497 e. The predicted molar refractivity (Wildman–Crippen MR) is 117 cm³/mol. The molecule has 30 heavy (non-hydrogen) atoms. The third-order valence-corrected chi connectivity index (χ3v) is 5.17. The minimum atomic E-state index is -0.475. The summed E-state index contributed by atoms with van der Waals surface area (Å²) in [5, 5.41) is 4.56. The van der Waals surface area contributed by atoms with E-state index in [-0.39, 0.29) is 6.09 Å². The van der Waals surface area contributed by atoms with Gasteiger partial charge in [-0.25, -0.2) is 9.31 Å². The van der Waals surface area contributed by atoms with Gasteiger partial charge in [-0.05, 0) is 44.5 Å². The van der Waals surface area contributed by atoms with Crippen molar-refractivity contribution in [1.29, 1.82) is 0 Å². The van der Waals surface area contributed by atoms with Crippen LogP contribution in [0.25, 0.3) is 16.6 Å². The van der Waals surface area contributed by atoms with E-state index in [2.05, 4.69) is 28.2 Å². The highest BCUT2D eigenvalue weighted by molar-refractivity contribution is 5.76. The summed E-state index contributed by atoms with van der Waals surface area (Å²) in [5.74, 6) is 0.830. The van der Waals surface area contributed by atoms with Crippen molar-refractivity contribution in [3.63, 3.8) is 0 Å². The van der Waals surface area contributed by atoms with Gasteiger partial charge in [0.25, 0.3) is 0 Å². The molecule has 7 nitrogen and oxygen atoms in total. The third-order valence-electron chi connectivity index (χ3n) is 5.17. The van der Waals surface area contributed by atoms with E-state index in [1.165, 1.54) is 0 Å². The van der Waals surface area contributed by atoms with Crippen molar-refractivity contribution in [2.24, 2.45) is 0 Å². The van der Waals surface area contributed by atoms with E-state index in [1.807, 2.05) is 55.9 Å². The summed E-state index contributed by atoms with van der Waals surface area (Å²) < 4.78 is 12.7. The Balaban J connectivity index is 1.49. The van der Waals surface area contributed by atoms with E-state index in [4.69, 9.17) is 9.47 Å². The van der Waals surface area contributed by atoms with Crippen molar-refractivity contribution < 1.29 is 14.3 Å².